The Hall–Kier alpha value is -3.85. The molecule has 0 fully saturated rings. The lowest BCUT2D eigenvalue weighted by Gasteiger charge is -2.32. The van der Waals surface area contributed by atoms with E-state index in [4.69, 9.17) is 4.74 Å². The van der Waals surface area contributed by atoms with Crippen molar-refractivity contribution in [1.29, 1.82) is 0 Å². The predicted molar refractivity (Wildman–Crippen MR) is 162 cm³/mol. The molecule has 2 amide bonds. The van der Waals surface area contributed by atoms with Crippen molar-refractivity contribution in [1.82, 2.24) is 10.2 Å². The fraction of sp³-hybridized carbons (Fsp3) is 0.375. The van der Waals surface area contributed by atoms with E-state index >= 15 is 0 Å². The van der Waals surface area contributed by atoms with E-state index in [2.05, 4.69) is 5.32 Å². The van der Waals surface area contributed by atoms with Crippen molar-refractivity contribution >= 4 is 27.5 Å². The van der Waals surface area contributed by atoms with Gasteiger partial charge in [-0.1, -0.05) is 60.9 Å². The topological polar surface area (TPSA) is 96.0 Å². The molecular formula is C32H41N3O5S. The van der Waals surface area contributed by atoms with E-state index < -0.39 is 28.5 Å². The summed E-state index contributed by atoms with van der Waals surface area (Å²) >= 11 is 0. The van der Waals surface area contributed by atoms with E-state index in [9.17, 15) is 18.0 Å². The van der Waals surface area contributed by atoms with Crippen molar-refractivity contribution in [2.45, 2.75) is 64.9 Å². The zero-order chi connectivity index (χ0) is 30.0. The maximum absolute atomic E-state index is 14.0. The molecule has 0 radical (unpaired) electrons. The highest BCUT2D eigenvalue weighted by Crippen LogP contribution is 2.27. The number of unbranched alkanes of at least 4 members (excludes halogenated alkanes) is 1. The minimum atomic E-state index is -4.12. The molecule has 0 saturated carbocycles. The van der Waals surface area contributed by atoms with Crippen molar-refractivity contribution in [3.05, 3.63) is 89.5 Å². The number of sulfonamides is 1. The Labute approximate surface area is 244 Å². The molecule has 3 aromatic carbocycles. The SMILES string of the molecule is CCCCNC(=O)[C@@H](C)N(Cc1cccc(C)c1)C(=O)CN(c1ccc(OCC)cc1)S(=O)(=O)c1ccc(C)cc1. The van der Waals surface area contributed by atoms with Gasteiger partial charge in [-0.2, -0.15) is 0 Å². The van der Waals surface area contributed by atoms with Crippen molar-refractivity contribution in [2.24, 2.45) is 0 Å². The summed E-state index contributed by atoms with van der Waals surface area (Å²) in [6.07, 6.45) is 1.75. The maximum atomic E-state index is 14.0. The molecule has 9 heteroatoms. The summed E-state index contributed by atoms with van der Waals surface area (Å²) in [5, 5.41) is 2.90. The second-order valence-corrected chi connectivity index (χ2v) is 11.9. The van der Waals surface area contributed by atoms with E-state index in [0.717, 1.165) is 33.8 Å². The van der Waals surface area contributed by atoms with Crippen LogP contribution in [0, 0.1) is 13.8 Å². The quantitative estimate of drug-likeness (QED) is 0.264. The highest BCUT2D eigenvalue weighted by atomic mass is 32.2. The number of benzene rings is 3. The number of nitrogens with zero attached hydrogens (tertiary/aromatic N) is 2. The lowest BCUT2D eigenvalue weighted by atomic mass is 10.1. The summed E-state index contributed by atoms with van der Waals surface area (Å²) in [5.41, 5.74) is 3.10. The Balaban J connectivity index is 2.00. The Morgan fingerprint density at radius 2 is 1.61 bits per heavy atom. The number of anilines is 1. The third-order valence-corrected chi connectivity index (χ3v) is 8.54. The van der Waals surface area contributed by atoms with Crippen LogP contribution < -0.4 is 14.4 Å². The number of hydrogen-bond acceptors (Lipinski definition) is 5. The molecule has 8 nitrogen and oxygen atoms in total. The molecule has 41 heavy (non-hydrogen) atoms. The van der Waals surface area contributed by atoms with Gasteiger partial charge in [-0.05, 0) is 76.1 Å². The first-order valence-corrected chi connectivity index (χ1v) is 15.5. The zero-order valence-corrected chi connectivity index (χ0v) is 25.4. The average Bonchev–Trinajstić information content (AvgIpc) is 2.95. The van der Waals surface area contributed by atoms with Gasteiger partial charge < -0.3 is 15.0 Å². The highest BCUT2D eigenvalue weighted by Gasteiger charge is 2.32. The van der Waals surface area contributed by atoms with Gasteiger partial charge in [0.1, 0.15) is 18.3 Å². The molecule has 0 heterocycles. The molecule has 220 valence electrons. The number of ether oxygens (including phenoxy) is 1. The molecule has 3 rings (SSSR count). The number of carbonyl (C=O) groups is 2. The van der Waals surface area contributed by atoms with Crippen LogP contribution in [0.15, 0.2) is 77.7 Å². The Kier molecular flexibility index (Phi) is 11.3. The number of amides is 2. The molecule has 3 aromatic rings. The highest BCUT2D eigenvalue weighted by molar-refractivity contribution is 7.92. The second kappa shape index (κ2) is 14.7. The average molecular weight is 580 g/mol. The number of nitrogens with one attached hydrogen (secondary N) is 1. The smallest absolute Gasteiger partial charge is 0.264 e. The zero-order valence-electron chi connectivity index (χ0n) is 24.6. The van der Waals surface area contributed by atoms with E-state index in [-0.39, 0.29) is 17.3 Å². The van der Waals surface area contributed by atoms with Gasteiger partial charge in [-0.15, -0.1) is 0 Å². The van der Waals surface area contributed by atoms with Crippen molar-refractivity contribution in [3.8, 4) is 5.75 Å². The summed E-state index contributed by atoms with van der Waals surface area (Å²) in [6, 6.07) is 20.0. The number of aryl methyl sites for hydroxylation is 2. The summed E-state index contributed by atoms with van der Waals surface area (Å²) in [6.45, 7) is 10.0. The molecule has 1 atom stereocenters. The summed E-state index contributed by atoms with van der Waals surface area (Å²) < 4.78 is 34.5. The first-order valence-electron chi connectivity index (χ1n) is 14.0. The van der Waals surface area contributed by atoms with Gasteiger partial charge in [0.25, 0.3) is 10.0 Å². The molecule has 1 N–H and O–H groups in total. The van der Waals surface area contributed by atoms with Gasteiger partial charge in [0.2, 0.25) is 11.8 Å². The fourth-order valence-corrected chi connectivity index (χ4v) is 5.78. The first kappa shape index (κ1) is 31.7. The van der Waals surface area contributed by atoms with Gasteiger partial charge in [-0.3, -0.25) is 13.9 Å². The van der Waals surface area contributed by atoms with E-state index in [0.29, 0.717) is 24.6 Å². The van der Waals surface area contributed by atoms with Crippen molar-refractivity contribution < 1.29 is 22.7 Å². The van der Waals surface area contributed by atoms with Crippen LogP contribution in [-0.4, -0.2) is 50.9 Å². The third kappa shape index (κ3) is 8.57. The van der Waals surface area contributed by atoms with Crippen LogP contribution in [0.4, 0.5) is 5.69 Å². The Morgan fingerprint density at radius 1 is 0.927 bits per heavy atom. The summed E-state index contributed by atoms with van der Waals surface area (Å²) in [5.74, 6) is -0.184. The Bertz CT molecular complexity index is 1410. The van der Waals surface area contributed by atoms with Gasteiger partial charge >= 0.3 is 0 Å². The monoisotopic (exact) mass is 579 g/mol. The van der Waals surface area contributed by atoms with Crippen LogP contribution in [0.25, 0.3) is 0 Å². The van der Waals surface area contributed by atoms with Crippen molar-refractivity contribution in [2.75, 3.05) is 24.0 Å². The Morgan fingerprint density at radius 3 is 2.22 bits per heavy atom. The summed E-state index contributed by atoms with van der Waals surface area (Å²) in [4.78, 5) is 28.6. The number of rotatable bonds is 14. The lowest BCUT2D eigenvalue weighted by molar-refractivity contribution is -0.139. The first-order chi connectivity index (χ1) is 19.6. The standard InChI is InChI=1S/C32H41N3O5S/c1-6-8-20-33-32(37)26(5)34(22-27-11-9-10-25(4)21-27)31(36)23-35(28-14-16-29(17-15-28)40-7-2)41(38,39)30-18-12-24(3)13-19-30/h9-19,21,26H,6-8,20,22-23H2,1-5H3,(H,33,37)/t26-/m1/s1. The lowest BCUT2D eigenvalue weighted by Crippen LogP contribution is -2.51. The van der Waals surface area contributed by atoms with Gasteiger partial charge in [0.15, 0.2) is 0 Å². The maximum Gasteiger partial charge on any atom is 0.264 e. The third-order valence-electron chi connectivity index (χ3n) is 6.76. The molecule has 0 unspecified atom stereocenters. The molecule has 0 aromatic heterocycles. The van der Waals surface area contributed by atoms with Crippen LogP contribution in [-0.2, 0) is 26.2 Å². The molecule has 0 aliphatic rings. The van der Waals surface area contributed by atoms with Gasteiger partial charge in [0, 0.05) is 13.1 Å². The van der Waals surface area contributed by atoms with Crippen LogP contribution in [0.5, 0.6) is 5.75 Å². The molecule has 0 bridgehead atoms. The molecule has 0 aliphatic heterocycles. The van der Waals surface area contributed by atoms with Crippen LogP contribution in [0.3, 0.4) is 0 Å². The van der Waals surface area contributed by atoms with Crippen molar-refractivity contribution in [3.63, 3.8) is 0 Å². The van der Waals surface area contributed by atoms with Crippen LogP contribution in [0.2, 0.25) is 0 Å². The van der Waals surface area contributed by atoms with Crippen LogP contribution >= 0.6 is 0 Å². The molecule has 0 spiro atoms. The molecular weight excluding hydrogens is 538 g/mol. The number of hydrogen-bond donors (Lipinski definition) is 1. The normalized spacial score (nSPS) is 11.9. The minimum Gasteiger partial charge on any atom is -0.494 e. The van der Waals surface area contributed by atoms with Gasteiger partial charge in [-0.25, -0.2) is 8.42 Å². The number of carbonyl (C=O) groups excluding carboxylic acids is 2. The minimum absolute atomic E-state index is 0.0698. The van der Waals surface area contributed by atoms with E-state index in [1.54, 1.807) is 43.3 Å². The van der Waals surface area contributed by atoms with Gasteiger partial charge in [0.05, 0.1) is 17.2 Å². The van der Waals surface area contributed by atoms with E-state index in [1.165, 1.54) is 17.0 Å². The fourth-order valence-electron chi connectivity index (χ4n) is 4.37. The second-order valence-electron chi connectivity index (χ2n) is 10.1. The largest absolute Gasteiger partial charge is 0.494 e. The van der Waals surface area contributed by atoms with Crippen LogP contribution in [0.1, 0.15) is 50.3 Å². The summed E-state index contributed by atoms with van der Waals surface area (Å²) in [7, 11) is -4.12. The van der Waals surface area contributed by atoms with E-state index in [1.807, 2.05) is 52.0 Å². The molecule has 0 aliphatic carbocycles. The molecule has 0 saturated heterocycles. The predicted octanol–water partition coefficient (Wildman–Crippen LogP) is 5.23.